The van der Waals surface area contributed by atoms with E-state index in [1.807, 2.05) is 26.0 Å². The fourth-order valence-corrected chi connectivity index (χ4v) is 2.11. The van der Waals surface area contributed by atoms with E-state index in [0.29, 0.717) is 17.5 Å². The van der Waals surface area contributed by atoms with Crippen molar-refractivity contribution in [3.05, 3.63) is 18.3 Å². The first-order chi connectivity index (χ1) is 9.08. The summed E-state index contributed by atoms with van der Waals surface area (Å²) in [6.07, 6.45) is 5.06. The predicted molar refractivity (Wildman–Crippen MR) is 81.8 cm³/mol. The van der Waals surface area contributed by atoms with Crippen LogP contribution < -0.4 is 15.4 Å². The maximum Gasteiger partial charge on any atom is 0.171 e. The zero-order chi connectivity index (χ0) is 13.8. The Bertz CT molecular complexity index is 446. The maximum atomic E-state index is 5.84. The van der Waals surface area contributed by atoms with E-state index in [1.165, 1.54) is 12.8 Å². The molecule has 1 aromatic rings. The van der Waals surface area contributed by atoms with Gasteiger partial charge in [-0.25, -0.2) is 4.98 Å². The second-order valence-electron chi connectivity index (χ2n) is 5.13. The summed E-state index contributed by atoms with van der Waals surface area (Å²) in [5.41, 5.74) is 5.61. The molecule has 0 aromatic carbocycles. The lowest BCUT2D eigenvalue weighted by molar-refractivity contribution is 0.242. The summed E-state index contributed by atoms with van der Waals surface area (Å²) >= 11 is 4.97. The van der Waals surface area contributed by atoms with E-state index in [4.69, 9.17) is 22.7 Å². The number of pyridine rings is 1. The third kappa shape index (κ3) is 4.06. The van der Waals surface area contributed by atoms with Crippen LogP contribution in [-0.4, -0.2) is 28.7 Å². The Balaban J connectivity index is 2.18. The Hall–Kier alpha value is -1.36. The first kappa shape index (κ1) is 14.1. The van der Waals surface area contributed by atoms with Crippen LogP contribution in [0.4, 0.5) is 5.82 Å². The summed E-state index contributed by atoms with van der Waals surface area (Å²) < 4.78 is 5.84. The summed E-state index contributed by atoms with van der Waals surface area (Å²) in [5, 5.41) is 0. The standard InChI is InChI=1S/C14H21N3OS/c1-10(2)18-12-4-3-8-16-14(12)17(11-5-6-11)9-7-13(15)19/h3-4,8,10-11H,5-7,9H2,1-2H3,(H2,15,19). The second-order valence-corrected chi connectivity index (χ2v) is 5.66. The predicted octanol–water partition coefficient (Wildman–Crippen LogP) is 2.51. The molecule has 0 unspecified atom stereocenters. The molecule has 5 heteroatoms. The van der Waals surface area contributed by atoms with Crippen LogP contribution in [-0.2, 0) is 0 Å². The summed E-state index contributed by atoms with van der Waals surface area (Å²) in [5.74, 6) is 1.75. The number of nitrogens with two attached hydrogens (primary N) is 1. The highest BCUT2D eigenvalue weighted by atomic mass is 32.1. The molecule has 1 aromatic heterocycles. The van der Waals surface area contributed by atoms with Gasteiger partial charge in [-0.2, -0.15) is 0 Å². The number of nitrogens with zero attached hydrogens (tertiary/aromatic N) is 2. The van der Waals surface area contributed by atoms with Gasteiger partial charge in [0.05, 0.1) is 11.1 Å². The zero-order valence-electron chi connectivity index (χ0n) is 11.5. The number of rotatable bonds is 7. The molecule has 4 nitrogen and oxygen atoms in total. The minimum Gasteiger partial charge on any atom is -0.487 e. The van der Waals surface area contributed by atoms with Gasteiger partial charge < -0.3 is 15.4 Å². The molecule has 1 aliphatic rings. The number of hydrogen-bond acceptors (Lipinski definition) is 4. The lowest BCUT2D eigenvalue weighted by atomic mass is 10.3. The molecule has 1 aliphatic carbocycles. The first-order valence-electron chi connectivity index (χ1n) is 6.74. The fraction of sp³-hybridized carbons (Fsp3) is 0.571. The third-order valence-corrected chi connectivity index (χ3v) is 3.18. The monoisotopic (exact) mass is 279 g/mol. The first-order valence-corrected chi connectivity index (χ1v) is 7.15. The molecule has 2 N–H and O–H groups in total. The zero-order valence-corrected chi connectivity index (χ0v) is 12.3. The van der Waals surface area contributed by atoms with Gasteiger partial charge in [-0.3, -0.25) is 0 Å². The van der Waals surface area contributed by atoms with E-state index in [0.717, 1.165) is 18.1 Å². The Morgan fingerprint density at radius 3 is 2.89 bits per heavy atom. The molecule has 1 heterocycles. The molecule has 0 bridgehead atoms. The minimum absolute atomic E-state index is 0.139. The van der Waals surface area contributed by atoms with E-state index in [-0.39, 0.29) is 6.10 Å². The van der Waals surface area contributed by atoms with Crippen molar-refractivity contribution >= 4 is 23.0 Å². The fourth-order valence-electron chi connectivity index (χ4n) is 2.02. The third-order valence-electron chi connectivity index (χ3n) is 2.97. The average Bonchev–Trinajstić information content (AvgIpc) is 3.14. The van der Waals surface area contributed by atoms with E-state index in [1.54, 1.807) is 6.20 Å². The Morgan fingerprint density at radius 1 is 1.58 bits per heavy atom. The summed E-state index contributed by atoms with van der Waals surface area (Å²) in [6, 6.07) is 4.43. The lowest BCUT2D eigenvalue weighted by Crippen LogP contribution is -2.31. The Morgan fingerprint density at radius 2 is 2.32 bits per heavy atom. The van der Waals surface area contributed by atoms with Crippen molar-refractivity contribution in [1.82, 2.24) is 4.98 Å². The van der Waals surface area contributed by atoms with Crippen molar-refractivity contribution in [3.8, 4) is 5.75 Å². The van der Waals surface area contributed by atoms with E-state index in [2.05, 4.69) is 9.88 Å². The molecule has 104 valence electrons. The van der Waals surface area contributed by atoms with Crippen LogP contribution in [0.25, 0.3) is 0 Å². The largest absolute Gasteiger partial charge is 0.487 e. The van der Waals surface area contributed by atoms with Gasteiger partial charge in [-0.1, -0.05) is 12.2 Å². The number of aromatic nitrogens is 1. The molecule has 1 fully saturated rings. The van der Waals surface area contributed by atoms with Gasteiger partial charge in [0.2, 0.25) is 0 Å². The van der Waals surface area contributed by atoms with Gasteiger partial charge in [0.1, 0.15) is 0 Å². The van der Waals surface area contributed by atoms with Crippen LogP contribution in [0.3, 0.4) is 0 Å². The van der Waals surface area contributed by atoms with Crippen LogP contribution in [0.2, 0.25) is 0 Å². The SMILES string of the molecule is CC(C)Oc1cccnc1N(CCC(N)=S)C1CC1. The summed E-state index contributed by atoms with van der Waals surface area (Å²) in [4.78, 5) is 7.31. The highest BCUT2D eigenvalue weighted by Gasteiger charge is 2.31. The van der Waals surface area contributed by atoms with Gasteiger partial charge >= 0.3 is 0 Å². The number of ether oxygens (including phenoxy) is 1. The topological polar surface area (TPSA) is 51.4 Å². The molecule has 0 amide bonds. The average molecular weight is 279 g/mol. The highest BCUT2D eigenvalue weighted by molar-refractivity contribution is 7.80. The maximum absolute atomic E-state index is 5.84. The molecule has 0 atom stereocenters. The van der Waals surface area contributed by atoms with Gasteiger partial charge in [0, 0.05) is 25.2 Å². The van der Waals surface area contributed by atoms with Crippen LogP contribution in [0.5, 0.6) is 5.75 Å². The van der Waals surface area contributed by atoms with E-state index < -0.39 is 0 Å². The molecule has 0 spiro atoms. The normalized spacial score (nSPS) is 14.5. The van der Waals surface area contributed by atoms with Crippen LogP contribution in [0.1, 0.15) is 33.1 Å². The number of anilines is 1. The smallest absolute Gasteiger partial charge is 0.171 e. The van der Waals surface area contributed by atoms with E-state index in [9.17, 15) is 0 Å². The number of thiocarbonyl (C=S) groups is 1. The van der Waals surface area contributed by atoms with Crippen LogP contribution >= 0.6 is 12.2 Å². The van der Waals surface area contributed by atoms with Crippen molar-refractivity contribution in [2.75, 3.05) is 11.4 Å². The van der Waals surface area contributed by atoms with Crippen molar-refractivity contribution in [2.45, 2.75) is 45.3 Å². The molecule has 0 saturated heterocycles. The van der Waals surface area contributed by atoms with Crippen LogP contribution in [0.15, 0.2) is 18.3 Å². The number of hydrogen-bond donors (Lipinski definition) is 1. The van der Waals surface area contributed by atoms with Crippen molar-refractivity contribution < 1.29 is 4.74 Å². The quantitative estimate of drug-likeness (QED) is 0.777. The summed E-state index contributed by atoms with van der Waals surface area (Å²) in [6.45, 7) is 4.85. The molecule has 2 rings (SSSR count). The van der Waals surface area contributed by atoms with E-state index >= 15 is 0 Å². The molecule has 0 aliphatic heterocycles. The Kier molecular flexibility index (Phi) is 4.58. The van der Waals surface area contributed by atoms with Crippen molar-refractivity contribution in [2.24, 2.45) is 5.73 Å². The van der Waals surface area contributed by atoms with Crippen LogP contribution in [0, 0.1) is 0 Å². The molecular weight excluding hydrogens is 258 g/mol. The highest BCUT2D eigenvalue weighted by Crippen LogP contribution is 2.35. The molecule has 0 radical (unpaired) electrons. The molecule has 1 saturated carbocycles. The van der Waals surface area contributed by atoms with Crippen molar-refractivity contribution in [1.29, 1.82) is 0 Å². The Labute approximate surface area is 120 Å². The van der Waals surface area contributed by atoms with Crippen molar-refractivity contribution in [3.63, 3.8) is 0 Å². The molecular formula is C14H21N3OS. The summed E-state index contributed by atoms with van der Waals surface area (Å²) in [7, 11) is 0. The lowest BCUT2D eigenvalue weighted by Gasteiger charge is -2.26. The van der Waals surface area contributed by atoms with Gasteiger partial charge in [-0.15, -0.1) is 0 Å². The minimum atomic E-state index is 0.139. The van der Waals surface area contributed by atoms with Gasteiger partial charge in [0.25, 0.3) is 0 Å². The molecule has 19 heavy (non-hydrogen) atoms. The second kappa shape index (κ2) is 6.19. The van der Waals surface area contributed by atoms with Gasteiger partial charge in [-0.05, 0) is 38.8 Å². The van der Waals surface area contributed by atoms with Gasteiger partial charge in [0.15, 0.2) is 11.6 Å².